The summed E-state index contributed by atoms with van der Waals surface area (Å²) in [7, 11) is 0. The molecule has 3 aromatic heterocycles. The standard InChI is InChI=1S/C42H33NO2/c1-3-4-5-13-36-24(2)29-17-18-31-34-22-28(27-16-15-25-10-6-7-11-26(25)21-27)23-35-32-19-20-33-30-12-8-9-14-37(30)45-42(33)40(32)43(38(34)35)39(31)41(29)44-36/h6-12,14-24,36H,3-5,13H2,1-2H3. The van der Waals surface area contributed by atoms with Crippen molar-refractivity contribution in [2.24, 2.45) is 0 Å². The summed E-state index contributed by atoms with van der Waals surface area (Å²) in [5.41, 5.74) is 9.21. The minimum atomic E-state index is 0.207. The lowest BCUT2D eigenvalue weighted by atomic mass is 9.93. The smallest absolute Gasteiger partial charge is 0.160 e. The lowest BCUT2D eigenvalue weighted by Crippen LogP contribution is -2.16. The maximum Gasteiger partial charge on any atom is 0.160 e. The van der Waals surface area contributed by atoms with Crippen molar-refractivity contribution < 1.29 is 9.15 Å². The first-order valence-electron chi connectivity index (χ1n) is 16.5. The number of ether oxygens (including phenoxy) is 1. The van der Waals surface area contributed by atoms with Gasteiger partial charge in [-0.05, 0) is 65.1 Å². The zero-order valence-corrected chi connectivity index (χ0v) is 25.6. The van der Waals surface area contributed by atoms with Gasteiger partial charge >= 0.3 is 0 Å². The summed E-state index contributed by atoms with van der Waals surface area (Å²) in [5, 5.41) is 9.80. The molecule has 0 spiro atoms. The number of rotatable bonds is 5. The number of furan rings is 1. The molecule has 1 aliphatic rings. The van der Waals surface area contributed by atoms with Crippen LogP contribution in [0.1, 0.15) is 51.0 Å². The van der Waals surface area contributed by atoms with Crippen molar-refractivity contribution in [1.82, 2.24) is 4.40 Å². The number of hydrogen-bond acceptors (Lipinski definition) is 2. The molecule has 0 saturated heterocycles. The van der Waals surface area contributed by atoms with E-state index >= 15 is 0 Å². The van der Waals surface area contributed by atoms with E-state index in [9.17, 15) is 0 Å². The molecule has 9 aromatic rings. The molecule has 0 bridgehead atoms. The zero-order valence-electron chi connectivity index (χ0n) is 25.6. The zero-order chi connectivity index (χ0) is 29.8. The van der Waals surface area contributed by atoms with Gasteiger partial charge < -0.3 is 13.6 Å². The monoisotopic (exact) mass is 583 g/mol. The highest BCUT2D eigenvalue weighted by Gasteiger charge is 2.34. The van der Waals surface area contributed by atoms with Crippen LogP contribution in [0.5, 0.6) is 5.75 Å². The molecule has 0 radical (unpaired) electrons. The summed E-state index contributed by atoms with van der Waals surface area (Å²) in [6.45, 7) is 4.61. The van der Waals surface area contributed by atoms with E-state index < -0.39 is 0 Å². The first-order chi connectivity index (χ1) is 22.2. The molecule has 218 valence electrons. The molecule has 4 heterocycles. The highest BCUT2D eigenvalue weighted by atomic mass is 16.5. The van der Waals surface area contributed by atoms with Crippen molar-refractivity contribution in [3.8, 4) is 16.9 Å². The topological polar surface area (TPSA) is 26.8 Å². The number of para-hydroxylation sites is 1. The number of hydrogen-bond donors (Lipinski definition) is 0. The molecular formula is C42H33NO2. The summed E-state index contributed by atoms with van der Waals surface area (Å²) in [6.07, 6.45) is 4.97. The normalized spacial score (nSPS) is 16.8. The lowest BCUT2D eigenvalue weighted by Gasteiger charge is -2.14. The fourth-order valence-electron chi connectivity index (χ4n) is 8.24. The summed E-state index contributed by atoms with van der Waals surface area (Å²) in [5.74, 6) is 1.42. The van der Waals surface area contributed by atoms with E-state index in [1.165, 1.54) is 79.3 Å². The van der Waals surface area contributed by atoms with Crippen molar-refractivity contribution in [3.05, 3.63) is 109 Å². The van der Waals surface area contributed by atoms with Crippen LogP contribution in [0.2, 0.25) is 0 Å². The van der Waals surface area contributed by atoms with Gasteiger partial charge in [0.05, 0.1) is 16.6 Å². The van der Waals surface area contributed by atoms with Crippen LogP contribution in [0, 0.1) is 0 Å². The number of aromatic nitrogens is 1. The summed E-state index contributed by atoms with van der Waals surface area (Å²) in [4.78, 5) is 0. The highest BCUT2D eigenvalue weighted by molar-refractivity contribution is 6.29. The number of nitrogens with zero attached hydrogens (tertiary/aromatic N) is 1. The van der Waals surface area contributed by atoms with Crippen LogP contribution in [-0.2, 0) is 0 Å². The third-order valence-corrected chi connectivity index (χ3v) is 10.5. The molecule has 0 aliphatic carbocycles. The maximum absolute atomic E-state index is 6.97. The molecule has 2 unspecified atom stereocenters. The number of unbranched alkanes of at least 4 members (excludes halogenated alkanes) is 2. The van der Waals surface area contributed by atoms with Crippen LogP contribution in [0.3, 0.4) is 0 Å². The molecule has 0 amide bonds. The Balaban J connectivity index is 1.33. The van der Waals surface area contributed by atoms with Crippen LogP contribution >= 0.6 is 0 Å². The molecule has 2 atom stereocenters. The average Bonchev–Trinajstić information content (AvgIpc) is 3.81. The van der Waals surface area contributed by atoms with Crippen molar-refractivity contribution in [2.45, 2.75) is 51.6 Å². The fraction of sp³-hybridized carbons (Fsp3) is 0.190. The van der Waals surface area contributed by atoms with Gasteiger partial charge in [0.25, 0.3) is 0 Å². The first kappa shape index (κ1) is 25.3. The summed E-state index contributed by atoms with van der Waals surface area (Å²) < 4.78 is 16.2. The Morgan fingerprint density at radius 2 is 1.38 bits per heavy atom. The Bertz CT molecular complexity index is 2620. The van der Waals surface area contributed by atoms with Gasteiger partial charge in [-0.25, -0.2) is 0 Å². The molecule has 45 heavy (non-hydrogen) atoms. The van der Waals surface area contributed by atoms with E-state index in [4.69, 9.17) is 9.15 Å². The quantitative estimate of drug-likeness (QED) is 0.188. The minimum Gasteiger partial charge on any atom is -0.487 e. The van der Waals surface area contributed by atoms with Gasteiger partial charge in [0.2, 0.25) is 0 Å². The molecule has 3 heteroatoms. The minimum absolute atomic E-state index is 0.207. The molecule has 1 aliphatic heterocycles. The predicted molar refractivity (Wildman–Crippen MR) is 188 cm³/mol. The van der Waals surface area contributed by atoms with E-state index in [0.29, 0.717) is 5.92 Å². The van der Waals surface area contributed by atoms with Crippen molar-refractivity contribution in [1.29, 1.82) is 0 Å². The average molecular weight is 584 g/mol. The van der Waals surface area contributed by atoms with Crippen LogP contribution < -0.4 is 4.74 Å². The van der Waals surface area contributed by atoms with Crippen molar-refractivity contribution in [2.75, 3.05) is 0 Å². The second-order valence-corrected chi connectivity index (χ2v) is 13.1. The van der Waals surface area contributed by atoms with Gasteiger partial charge in [0.15, 0.2) is 5.58 Å². The van der Waals surface area contributed by atoms with E-state index in [2.05, 4.69) is 121 Å². The molecule has 10 rings (SSSR count). The van der Waals surface area contributed by atoms with E-state index in [0.717, 1.165) is 39.6 Å². The van der Waals surface area contributed by atoms with Crippen LogP contribution in [0.15, 0.2) is 108 Å². The third-order valence-electron chi connectivity index (χ3n) is 10.5. The highest BCUT2D eigenvalue weighted by Crippen LogP contribution is 2.51. The summed E-state index contributed by atoms with van der Waals surface area (Å²) in [6, 6.07) is 37.8. The van der Waals surface area contributed by atoms with Gasteiger partial charge in [-0.1, -0.05) is 99.5 Å². The van der Waals surface area contributed by atoms with Gasteiger partial charge in [-0.3, -0.25) is 0 Å². The Kier molecular flexibility index (Phi) is 5.20. The fourth-order valence-corrected chi connectivity index (χ4v) is 8.24. The molecule has 0 fully saturated rings. The van der Waals surface area contributed by atoms with Crippen molar-refractivity contribution >= 4 is 70.8 Å². The molecule has 0 N–H and O–H groups in total. The Morgan fingerprint density at radius 1 is 0.622 bits per heavy atom. The van der Waals surface area contributed by atoms with Gasteiger partial charge in [-0.2, -0.15) is 0 Å². The van der Waals surface area contributed by atoms with Crippen LogP contribution in [0.4, 0.5) is 0 Å². The first-order valence-corrected chi connectivity index (χ1v) is 16.5. The van der Waals surface area contributed by atoms with E-state index in [1.54, 1.807) is 0 Å². The maximum atomic E-state index is 6.97. The van der Waals surface area contributed by atoms with E-state index in [-0.39, 0.29) is 6.10 Å². The molecular weight excluding hydrogens is 550 g/mol. The van der Waals surface area contributed by atoms with E-state index in [1.807, 2.05) is 0 Å². The number of fused-ring (bicyclic) bond motifs is 13. The lowest BCUT2D eigenvalue weighted by molar-refractivity contribution is 0.197. The SMILES string of the molecule is CCCCCC1Oc2c(ccc3c4cc(-c5ccc6ccccc6c5)cc5c6ccc7c8ccccc8oc7c6n(c23)c45)C1C. The molecule has 3 nitrogen and oxygen atoms in total. The van der Waals surface area contributed by atoms with Gasteiger partial charge in [0.1, 0.15) is 17.4 Å². The van der Waals surface area contributed by atoms with Gasteiger partial charge in [0, 0.05) is 43.8 Å². The molecule has 0 saturated carbocycles. The number of benzene rings is 6. The van der Waals surface area contributed by atoms with Crippen LogP contribution in [0.25, 0.3) is 81.9 Å². The van der Waals surface area contributed by atoms with Crippen LogP contribution in [-0.4, -0.2) is 10.5 Å². The largest absolute Gasteiger partial charge is 0.487 e. The second-order valence-electron chi connectivity index (χ2n) is 13.1. The third kappa shape index (κ3) is 3.41. The van der Waals surface area contributed by atoms with Gasteiger partial charge in [-0.15, -0.1) is 0 Å². The summed E-state index contributed by atoms with van der Waals surface area (Å²) >= 11 is 0. The Morgan fingerprint density at radius 3 is 2.24 bits per heavy atom. The Labute approximate surface area is 260 Å². The predicted octanol–water partition coefficient (Wildman–Crippen LogP) is 12.0. The second kappa shape index (κ2) is 9.25. The van der Waals surface area contributed by atoms with Crippen molar-refractivity contribution in [3.63, 3.8) is 0 Å². The molecule has 6 aromatic carbocycles. The Hall–Kier alpha value is -5.02.